The Hall–Kier alpha value is -2.18. The molecule has 1 amide bonds. The first kappa shape index (κ1) is 17.6. The Bertz CT molecular complexity index is 929. The number of para-hydroxylation sites is 1. The summed E-state index contributed by atoms with van der Waals surface area (Å²) in [6.07, 6.45) is 0.342. The zero-order valence-corrected chi connectivity index (χ0v) is 16.4. The lowest BCUT2D eigenvalue weighted by Crippen LogP contribution is -2.29. The summed E-state index contributed by atoms with van der Waals surface area (Å²) in [6.45, 7) is 0. The molecule has 0 saturated carbocycles. The first-order chi connectivity index (χ1) is 12.0. The van der Waals surface area contributed by atoms with E-state index in [1.165, 1.54) is 11.3 Å². The lowest BCUT2D eigenvalue weighted by Gasteiger charge is -2.17. The van der Waals surface area contributed by atoms with Gasteiger partial charge in [0.25, 0.3) is 0 Å². The molecule has 2 aromatic carbocycles. The van der Waals surface area contributed by atoms with Crippen molar-refractivity contribution >= 4 is 44.5 Å². The molecule has 0 bridgehead atoms. The van der Waals surface area contributed by atoms with Gasteiger partial charge in [0.1, 0.15) is 0 Å². The maximum absolute atomic E-state index is 12.6. The zero-order valence-electron chi connectivity index (χ0n) is 14.0. The van der Waals surface area contributed by atoms with Crippen LogP contribution in [0.5, 0.6) is 0 Å². The van der Waals surface area contributed by atoms with Crippen LogP contribution in [0.2, 0.25) is 0 Å². The van der Waals surface area contributed by atoms with E-state index in [9.17, 15) is 4.79 Å². The number of thiazole rings is 1. The van der Waals surface area contributed by atoms with Gasteiger partial charge >= 0.3 is 0 Å². The van der Waals surface area contributed by atoms with Crippen LogP contribution in [0.25, 0.3) is 0 Å². The van der Waals surface area contributed by atoms with E-state index in [1.807, 2.05) is 71.6 Å². The third-order valence-corrected chi connectivity index (χ3v) is 5.41. The van der Waals surface area contributed by atoms with Crippen LogP contribution in [0.1, 0.15) is 5.69 Å². The van der Waals surface area contributed by atoms with E-state index >= 15 is 0 Å². The molecule has 25 heavy (non-hydrogen) atoms. The molecule has 0 aliphatic carbocycles. The van der Waals surface area contributed by atoms with Gasteiger partial charge in [-0.15, -0.1) is 11.3 Å². The van der Waals surface area contributed by atoms with E-state index in [1.54, 1.807) is 11.9 Å². The van der Waals surface area contributed by atoms with Crippen LogP contribution < -0.4 is 9.70 Å². The molecule has 0 N–H and O–H groups in total. The van der Waals surface area contributed by atoms with E-state index < -0.39 is 0 Å². The molecule has 0 aliphatic heterocycles. The summed E-state index contributed by atoms with van der Waals surface area (Å²) in [7, 11) is 3.75. The highest BCUT2D eigenvalue weighted by Gasteiger charge is 2.13. The molecule has 0 radical (unpaired) electrons. The van der Waals surface area contributed by atoms with Gasteiger partial charge in [-0.05, 0) is 36.4 Å². The van der Waals surface area contributed by atoms with Gasteiger partial charge in [-0.2, -0.15) is 0 Å². The highest BCUT2D eigenvalue weighted by Crippen LogP contribution is 2.17. The largest absolute Gasteiger partial charge is 0.323 e. The Morgan fingerprint density at radius 2 is 1.84 bits per heavy atom. The molecule has 0 fully saturated rings. The summed E-state index contributed by atoms with van der Waals surface area (Å²) in [6, 6.07) is 17.5. The molecule has 3 rings (SSSR count). The topological polar surface area (TPSA) is 37.6 Å². The number of rotatable bonds is 4. The Balaban J connectivity index is 1.79. The van der Waals surface area contributed by atoms with E-state index in [0.717, 1.165) is 26.3 Å². The molecule has 0 saturated heterocycles. The minimum Gasteiger partial charge on any atom is -0.323 e. The molecule has 1 heterocycles. The highest BCUT2D eigenvalue weighted by atomic mass is 79.9. The van der Waals surface area contributed by atoms with Gasteiger partial charge in [0.15, 0.2) is 4.80 Å². The fourth-order valence-electron chi connectivity index (χ4n) is 2.36. The minimum atomic E-state index is 0.0507. The van der Waals surface area contributed by atoms with Gasteiger partial charge in [0.05, 0.1) is 12.1 Å². The first-order valence-corrected chi connectivity index (χ1v) is 9.47. The molecular weight excluding hydrogens is 398 g/mol. The fourth-order valence-corrected chi connectivity index (χ4v) is 3.54. The van der Waals surface area contributed by atoms with E-state index in [-0.39, 0.29) is 5.91 Å². The summed E-state index contributed by atoms with van der Waals surface area (Å²) in [5, 5.41) is 1.99. The lowest BCUT2D eigenvalue weighted by molar-refractivity contribution is -0.117. The van der Waals surface area contributed by atoms with Gasteiger partial charge in [-0.3, -0.25) is 4.79 Å². The highest BCUT2D eigenvalue weighted by molar-refractivity contribution is 9.10. The van der Waals surface area contributed by atoms with Gasteiger partial charge in [-0.1, -0.05) is 34.1 Å². The number of nitrogens with zero attached hydrogens (tertiary/aromatic N) is 3. The monoisotopic (exact) mass is 415 g/mol. The Kier molecular flexibility index (Phi) is 5.50. The van der Waals surface area contributed by atoms with Gasteiger partial charge in [-0.25, -0.2) is 4.99 Å². The number of carbonyl (C=O) groups excluding carboxylic acids is 1. The molecule has 0 aliphatic rings. The molecule has 6 heteroatoms. The number of carbonyl (C=O) groups is 1. The van der Waals surface area contributed by atoms with Crippen molar-refractivity contribution in [3.05, 3.63) is 74.9 Å². The number of amides is 1. The number of anilines is 1. The van der Waals surface area contributed by atoms with Crippen molar-refractivity contribution in [3.63, 3.8) is 0 Å². The molecule has 1 aromatic heterocycles. The molecule has 3 aromatic rings. The predicted octanol–water partition coefficient (Wildman–Crippen LogP) is 4.29. The van der Waals surface area contributed by atoms with E-state index in [2.05, 4.69) is 20.9 Å². The average molecular weight is 416 g/mol. The van der Waals surface area contributed by atoms with Crippen LogP contribution in [-0.4, -0.2) is 17.5 Å². The first-order valence-electron chi connectivity index (χ1n) is 7.80. The van der Waals surface area contributed by atoms with E-state index in [4.69, 9.17) is 0 Å². The molecule has 0 spiro atoms. The number of aromatic nitrogens is 1. The van der Waals surface area contributed by atoms with Crippen molar-refractivity contribution in [1.29, 1.82) is 0 Å². The smallest absolute Gasteiger partial charge is 0.232 e. The van der Waals surface area contributed by atoms with Gasteiger partial charge in [0, 0.05) is 35.3 Å². The number of halogens is 1. The summed E-state index contributed by atoms with van der Waals surface area (Å²) in [5.41, 5.74) is 2.73. The Morgan fingerprint density at radius 1 is 1.16 bits per heavy atom. The quantitative estimate of drug-likeness (QED) is 0.626. The average Bonchev–Trinajstić information content (AvgIpc) is 2.97. The zero-order chi connectivity index (χ0) is 17.8. The number of likely N-dealkylation sites (N-methyl/N-ethyl adjacent to an activating group) is 1. The predicted molar refractivity (Wildman–Crippen MR) is 106 cm³/mol. The third kappa shape index (κ3) is 4.27. The second-order valence-electron chi connectivity index (χ2n) is 5.62. The second-order valence-corrected chi connectivity index (χ2v) is 7.37. The van der Waals surface area contributed by atoms with Crippen LogP contribution in [0.15, 0.2) is 69.4 Å². The summed E-state index contributed by atoms with van der Waals surface area (Å²) in [5.74, 6) is 0.0507. The van der Waals surface area contributed by atoms with Gasteiger partial charge < -0.3 is 9.47 Å². The summed E-state index contributed by atoms with van der Waals surface area (Å²) >= 11 is 4.96. The van der Waals surface area contributed by atoms with Crippen molar-refractivity contribution in [2.45, 2.75) is 6.42 Å². The summed E-state index contributed by atoms with van der Waals surface area (Å²) < 4.78 is 3.00. The van der Waals surface area contributed by atoms with Crippen molar-refractivity contribution in [2.24, 2.45) is 12.0 Å². The maximum Gasteiger partial charge on any atom is 0.232 e. The Labute approximate surface area is 159 Å². The van der Waals surface area contributed by atoms with Crippen LogP contribution >= 0.6 is 27.3 Å². The lowest BCUT2D eigenvalue weighted by atomic mass is 10.2. The molecular formula is C19H18BrN3OS. The van der Waals surface area contributed by atoms with Crippen LogP contribution in [0.3, 0.4) is 0 Å². The van der Waals surface area contributed by atoms with Crippen LogP contribution in [0, 0.1) is 0 Å². The van der Waals surface area contributed by atoms with Crippen LogP contribution in [-0.2, 0) is 18.3 Å². The minimum absolute atomic E-state index is 0.0507. The third-order valence-electron chi connectivity index (χ3n) is 3.92. The number of hydrogen-bond donors (Lipinski definition) is 0. The van der Waals surface area contributed by atoms with Crippen LogP contribution in [0.4, 0.5) is 11.4 Å². The standard InChI is InChI=1S/C19H18BrN3OS/c1-22(16-6-4-3-5-7-16)18(24)12-17-13-25-19(23(17)2)21-15-10-8-14(20)9-11-15/h3-11,13H,12H2,1-2H3. The normalized spacial score (nSPS) is 11.6. The summed E-state index contributed by atoms with van der Waals surface area (Å²) in [4.78, 5) is 19.8. The molecule has 4 nitrogen and oxygen atoms in total. The number of benzene rings is 2. The van der Waals surface area contributed by atoms with Crippen molar-refractivity contribution < 1.29 is 4.79 Å². The van der Waals surface area contributed by atoms with Crippen molar-refractivity contribution in [1.82, 2.24) is 4.57 Å². The van der Waals surface area contributed by atoms with Gasteiger partial charge in [0.2, 0.25) is 5.91 Å². The molecule has 0 unspecified atom stereocenters. The van der Waals surface area contributed by atoms with Crippen molar-refractivity contribution in [2.75, 3.05) is 11.9 Å². The molecule has 0 atom stereocenters. The Morgan fingerprint density at radius 3 is 2.52 bits per heavy atom. The maximum atomic E-state index is 12.6. The number of hydrogen-bond acceptors (Lipinski definition) is 3. The molecule has 128 valence electrons. The SMILES string of the molecule is CN(C(=O)Cc1csc(=Nc2ccc(Br)cc2)n1C)c1ccccc1. The second kappa shape index (κ2) is 7.80. The fraction of sp³-hybridized carbons (Fsp3) is 0.158. The van der Waals surface area contributed by atoms with Crippen molar-refractivity contribution in [3.8, 4) is 0 Å². The van der Waals surface area contributed by atoms with E-state index in [0.29, 0.717) is 6.42 Å².